The Morgan fingerprint density at radius 1 is 1.19 bits per heavy atom. The molecule has 2 aliphatic heterocycles. The van der Waals surface area contributed by atoms with E-state index in [1.54, 1.807) is 24.4 Å². The molecule has 1 fully saturated rings. The fraction of sp³-hybridized carbons (Fsp3) is 0.333. The van der Waals surface area contributed by atoms with Crippen molar-refractivity contribution in [2.75, 3.05) is 24.8 Å². The molecule has 0 spiro atoms. The van der Waals surface area contributed by atoms with Crippen LogP contribution >= 0.6 is 0 Å². The van der Waals surface area contributed by atoms with Crippen LogP contribution in [-0.2, 0) is 0 Å². The molecule has 134 valence electrons. The zero-order valence-corrected chi connectivity index (χ0v) is 14.1. The van der Waals surface area contributed by atoms with E-state index in [0.29, 0.717) is 29.4 Å². The van der Waals surface area contributed by atoms with Gasteiger partial charge in [0, 0.05) is 24.6 Å². The lowest BCUT2D eigenvalue weighted by atomic mass is 9.90. The highest BCUT2D eigenvalue weighted by Crippen LogP contribution is 2.34. The molecule has 1 atom stereocenters. The first-order valence-corrected chi connectivity index (χ1v) is 8.42. The molecule has 0 saturated carbocycles. The monoisotopic (exact) mass is 354 g/mol. The number of Topliss-reactive ketones (excluding diaryl/α,β-unsaturated/α-hetero) is 1. The van der Waals surface area contributed by atoms with Crippen LogP contribution in [0.5, 0.6) is 11.5 Å². The molecule has 2 N–H and O–H groups in total. The van der Waals surface area contributed by atoms with Crippen LogP contribution in [0, 0.1) is 5.92 Å². The lowest BCUT2D eigenvalue weighted by molar-refractivity contribution is 0.0905. The SMILES string of the molecule is NC(=O)c1cncc(N2CCC[C@@H](C(=O)c3ccc4c(c3)OCO4)C2)n1. The second-order valence-electron chi connectivity index (χ2n) is 6.34. The van der Waals surface area contributed by atoms with Crippen molar-refractivity contribution >= 4 is 17.5 Å². The number of anilines is 1. The number of amides is 1. The normalized spacial score (nSPS) is 18.6. The van der Waals surface area contributed by atoms with E-state index >= 15 is 0 Å². The van der Waals surface area contributed by atoms with E-state index < -0.39 is 5.91 Å². The number of fused-ring (bicyclic) bond motifs is 1. The molecule has 26 heavy (non-hydrogen) atoms. The van der Waals surface area contributed by atoms with Crippen molar-refractivity contribution in [1.29, 1.82) is 0 Å². The van der Waals surface area contributed by atoms with Crippen molar-refractivity contribution in [1.82, 2.24) is 9.97 Å². The zero-order chi connectivity index (χ0) is 18.1. The van der Waals surface area contributed by atoms with Gasteiger partial charge in [0.25, 0.3) is 5.91 Å². The molecular weight excluding hydrogens is 336 g/mol. The number of nitrogens with zero attached hydrogens (tertiary/aromatic N) is 3. The van der Waals surface area contributed by atoms with Crippen molar-refractivity contribution in [3.63, 3.8) is 0 Å². The number of primary amides is 1. The highest BCUT2D eigenvalue weighted by molar-refractivity contribution is 5.99. The Balaban J connectivity index is 1.52. The molecular formula is C18H18N4O4. The molecule has 8 heteroatoms. The second kappa shape index (κ2) is 6.62. The lowest BCUT2D eigenvalue weighted by Crippen LogP contribution is -2.39. The van der Waals surface area contributed by atoms with Crippen LogP contribution in [0.3, 0.4) is 0 Å². The van der Waals surface area contributed by atoms with Crippen molar-refractivity contribution in [2.45, 2.75) is 12.8 Å². The number of hydrogen-bond acceptors (Lipinski definition) is 7. The van der Waals surface area contributed by atoms with Gasteiger partial charge in [0.2, 0.25) is 6.79 Å². The summed E-state index contributed by atoms with van der Waals surface area (Å²) in [5.41, 5.74) is 6.00. The molecule has 0 aliphatic carbocycles. The largest absolute Gasteiger partial charge is 0.454 e. The van der Waals surface area contributed by atoms with Crippen LogP contribution in [0.2, 0.25) is 0 Å². The minimum Gasteiger partial charge on any atom is -0.454 e. The Morgan fingerprint density at radius 3 is 2.88 bits per heavy atom. The van der Waals surface area contributed by atoms with E-state index in [-0.39, 0.29) is 24.2 Å². The van der Waals surface area contributed by atoms with Crippen LogP contribution < -0.4 is 20.1 Å². The molecule has 1 aromatic heterocycles. The van der Waals surface area contributed by atoms with Gasteiger partial charge in [-0.2, -0.15) is 0 Å². The van der Waals surface area contributed by atoms with Crippen LogP contribution in [0.15, 0.2) is 30.6 Å². The summed E-state index contributed by atoms with van der Waals surface area (Å²) in [6, 6.07) is 5.26. The molecule has 1 saturated heterocycles. The predicted molar refractivity (Wildman–Crippen MR) is 92.4 cm³/mol. The van der Waals surface area contributed by atoms with Crippen LogP contribution in [-0.4, -0.2) is 41.5 Å². The first-order valence-electron chi connectivity index (χ1n) is 8.42. The average Bonchev–Trinajstić information content (AvgIpc) is 3.15. The van der Waals surface area contributed by atoms with Crippen molar-refractivity contribution in [3.05, 3.63) is 41.9 Å². The molecule has 0 radical (unpaired) electrons. The van der Waals surface area contributed by atoms with Crippen LogP contribution in [0.4, 0.5) is 5.82 Å². The molecule has 2 aliphatic rings. The molecule has 0 bridgehead atoms. The standard InChI is InChI=1S/C18H18N4O4/c19-18(24)13-7-20-8-16(21-13)22-5-1-2-12(9-22)17(23)11-3-4-14-15(6-11)26-10-25-14/h3-4,6-8,12H,1-2,5,9-10H2,(H2,19,24)/t12-/m1/s1. The highest BCUT2D eigenvalue weighted by atomic mass is 16.7. The third-order valence-corrected chi connectivity index (χ3v) is 4.65. The maximum Gasteiger partial charge on any atom is 0.268 e. The third kappa shape index (κ3) is 3.05. The molecule has 4 rings (SSSR count). The maximum absolute atomic E-state index is 12.9. The summed E-state index contributed by atoms with van der Waals surface area (Å²) in [5.74, 6) is 1.10. The molecule has 0 unspecified atom stereocenters. The van der Waals surface area contributed by atoms with Crippen LogP contribution in [0.25, 0.3) is 0 Å². The number of benzene rings is 1. The lowest BCUT2D eigenvalue weighted by Gasteiger charge is -2.32. The van der Waals surface area contributed by atoms with Gasteiger partial charge in [-0.3, -0.25) is 14.6 Å². The average molecular weight is 354 g/mol. The zero-order valence-electron chi connectivity index (χ0n) is 14.1. The molecule has 1 amide bonds. The summed E-state index contributed by atoms with van der Waals surface area (Å²) in [7, 11) is 0. The Hall–Kier alpha value is -3.16. The number of nitrogens with two attached hydrogens (primary N) is 1. The first kappa shape index (κ1) is 16.3. The molecule has 2 aromatic rings. The fourth-order valence-corrected chi connectivity index (χ4v) is 3.31. The van der Waals surface area contributed by atoms with Gasteiger partial charge in [-0.05, 0) is 31.0 Å². The maximum atomic E-state index is 12.9. The Kier molecular flexibility index (Phi) is 4.16. The van der Waals surface area contributed by atoms with E-state index in [1.807, 2.05) is 4.90 Å². The van der Waals surface area contributed by atoms with E-state index in [9.17, 15) is 9.59 Å². The van der Waals surface area contributed by atoms with Gasteiger partial charge in [0.1, 0.15) is 11.5 Å². The van der Waals surface area contributed by atoms with Gasteiger partial charge in [0.15, 0.2) is 17.3 Å². The van der Waals surface area contributed by atoms with Gasteiger partial charge in [-0.25, -0.2) is 4.98 Å². The molecule has 8 nitrogen and oxygen atoms in total. The van der Waals surface area contributed by atoms with Gasteiger partial charge in [-0.1, -0.05) is 0 Å². The summed E-state index contributed by atoms with van der Waals surface area (Å²) in [4.78, 5) is 34.5. The van der Waals surface area contributed by atoms with Gasteiger partial charge in [-0.15, -0.1) is 0 Å². The Bertz CT molecular complexity index is 870. The first-order chi connectivity index (χ1) is 12.6. The van der Waals surface area contributed by atoms with E-state index in [2.05, 4.69) is 9.97 Å². The van der Waals surface area contributed by atoms with Crippen molar-refractivity contribution in [3.8, 4) is 11.5 Å². The summed E-state index contributed by atoms with van der Waals surface area (Å²) in [5, 5.41) is 0. The van der Waals surface area contributed by atoms with E-state index in [0.717, 1.165) is 19.4 Å². The number of carbonyl (C=O) groups excluding carboxylic acids is 2. The summed E-state index contributed by atoms with van der Waals surface area (Å²) in [6.45, 7) is 1.45. The summed E-state index contributed by atoms with van der Waals surface area (Å²) in [6.07, 6.45) is 4.57. The third-order valence-electron chi connectivity index (χ3n) is 4.65. The Morgan fingerprint density at radius 2 is 2.04 bits per heavy atom. The topological polar surface area (TPSA) is 108 Å². The van der Waals surface area contributed by atoms with Crippen molar-refractivity contribution < 1.29 is 19.1 Å². The number of rotatable bonds is 4. The number of ketones is 1. The van der Waals surface area contributed by atoms with Crippen LogP contribution in [0.1, 0.15) is 33.7 Å². The minimum atomic E-state index is -0.621. The highest BCUT2D eigenvalue weighted by Gasteiger charge is 2.28. The van der Waals surface area contributed by atoms with Crippen molar-refractivity contribution in [2.24, 2.45) is 11.7 Å². The Labute approximate surface area is 149 Å². The smallest absolute Gasteiger partial charge is 0.268 e. The number of ether oxygens (including phenoxy) is 2. The second-order valence-corrected chi connectivity index (χ2v) is 6.34. The minimum absolute atomic E-state index is 0.0621. The molecule has 3 heterocycles. The summed E-state index contributed by atoms with van der Waals surface area (Å²) < 4.78 is 10.6. The number of piperidine rings is 1. The quantitative estimate of drug-likeness (QED) is 0.827. The summed E-state index contributed by atoms with van der Waals surface area (Å²) >= 11 is 0. The van der Waals surface area contributed by atoms with E-state index in [1.165, 1.54) is 6.20 Å². The van der Waals surface area contributed by atoms with E-state index in [4.69, 9.17) is 15.2 Å². The number of aromatic nitrogens is 2. The molecule has 1 aromatic carbocycles. The number of carbonyl (C=O) groups is 2. The van der Waals surface area contributed by atoms with Gasteiger partial charge in [0.05, 0.1) is 12.4 Å². The van der Waals surface area contributed by atoms with Gasteiger partial charge < -0.3 is 20.1 Å². The predicted octanol–water partition coefficient (Wildman–Crippen LogP) is 1.40. The number of hydrogen-bond donors (Lipinski definition) is 1. The fourth-order valence-electron chi connectivity index (χ4n) is 3.31. The van der Waals surface area contributed by atoms with Gasteiger partial charge >= 0.3 is 0 Å².